The number of aliphatic carboxylic acids is 1. The van der Waals surface area contributed by atoms with Gasteiger partial charge in [0.25, 0.3) is 5.91 Å². The third-order valence-electron chi connectivity index (χ3n) is 4.15. The van der Waals surface area contributed by atoms with Crippen molar-refractivity contribution in [1.29, 1.82) is 0 Å². The van der Waals surface area contributed by atoms with Gasteiger partial charge in [-0.15, -0.1) is 5.10 Å². The van der Waals surface area contributed by atoms with E-state index in [1.807, 2.05) is 6.92 Å². The lowest BCUT2D eigenvalue weighted by Gasteiger charge is -2.07. The number of nitrogens with zero attached hydrogens (tertiary/aromatic N) is 3. The van der Waals surface area contributed by atoms with E-state index in [0.717, 1.165) is 6.42 Å². The Bertz CT molecular complexity index is 847. The summed E-state index contributed by atoms with van der Waals surface area (Å²) < 4.78 is 1.18. The lowest BCUT2D eigenvalue weighted by atomic mass is 10.2. The summed E-state index contributed by atoms with van der Waals surface area (Å²) in [6, 6.07) is 6.69. The van der Waals surface area contributed by atoms with E-state index in [-0.39, 0.29) is 30.8 Å². The SMILES string of the molecule is CC1CC1C(=O)Nc1cccc(C(=O)NCc2cn(CC(=O)O)nn2)c1. The van der Waals surface area contributed by atoms with Gasteiger partial charge in [0.2, 0.25) is 5.91 Å². The molecule has 1 aromatic heterocycles. The predicted molar refractivity (Wildman–Crippen MR) is 91.2 cm³/mol. The first-order valence-electron chi connectivity index (χ1n) is 8.22. The summed E-state index contributed by atoms with van der Waals surface area (Å²) in [4.78, 5) is 34.9. The zero-order valence-corrected chi connectivity index (χ0v) is 14.2. The molecule has 9 nitrogen and oxygen atoms in total. The molecule has 9 heteroatoms. The monoisotopic (exact) mass is 357 g/mol. The van der Waals surface area contributed by atoms with Crippen LogP contribution in [0.1, 0.15) is 29.4 Å². The van der Waals surface area contributed by atoms with E-state index >= 15 is 0 Å². The van der Waals surface area contributed by atoms with Crippen molar-refractivity contribution in [2.75, 3.05) is 5.32 Å². The molecule has 0 radical (unpaired) electrons. The molecule has 2 unspecified atom stereocenters. The average Bonchev–Trinajstić information content (AvgIpc) is 3.17. The van der Waals surface area contributed by atoms with Crippen LogP contribution < -0.4 is 10.6 Å². The molecule has 26 heavy (non-hydrogen) atoms. The van der Waals surface area contributed by atoms with Crippen LogP contribution in [0.2, 0.25) is 0 Å². The fourth-order valence-electron chi connectivity index (χ4n) is 2.57. The molecule has 3 N–H and O–H groups in total. The molecule has 2 atom stereocenters. The number of carbonyl (C=O) groups is 3. The van der Waals surface area contributed by atoms with Crippen molar-refractivity contribution >= 4 is 23.5 Å². The van der Waals surface area contributed by atoms with Gasteiger partial charge in [0.15, 0.2) is 0 Å². The molecular formula is C17H19N5O4. The highest BCUT2D eigenvalue weighted by Crippen LogP contribution is 2.38. The largest absolute Gasteiger partial charge is 0.480 e. The van der Waals surface area contributed by atoms with Gasteiger partial charge in [0.05, 0.1) is 12.7 Å². The molecule has 1 fully saturated rings. The van der Waals surface area contributed by atoms with Crippen molar-refractivity contribution in [3.8, 4) is 0 Å². The second kappa shape index (κ2) is 7.34. The van der Waals surface area contributed by atoms with Gasteiger partial charge in [0, 0.05) is 17.2 Å². The molecule has 1 aliphatic rings. The van der Waals surface area contributed by atoms with Crippen LogP contribution in [0.5, 0.6) is 0 Å². The Labute approximate surface area is 149 Å². The number of benzene rings is 1. The van der Waals surface area contributed by atoms with Crippen LogP contribution in [-0.4, -0.2) is 37.9 Å². The van der Waals surface area contributed by atoms with E-state index < -0.39 is 5.97 Å². The number of hydrogen-bond donors (Lipinski definition) is 3. The minimum absolute atomic E-state index is 0.0231. The number of rotatable bonds is 7. The number of carboxylic acids is 1. The normalized spacial score (nSPS) is 18.2. The van der Waals surface area contributed by atoms with Gasteiger partial charge >= 0.3 is 5.97 Å². The molecule has 2 amide bonds. The predicted octanol–water partition coefficient (Wildman–Crippen LogP) is 0.887. The Balaban J connectivity index is 1.56. The molecule has 2 aromatic rings. The molecule has 1 aliphatic carbocycles. The second-order valence-electron chi connectivity index (χ2n) is 6.37. The number of aromatic nitrogens is 3. The molecule has 1 aromatic carbocycles. The van der Waals surface area contributed by atoms with E-state index in [1.165, 1.54) is 10.9 Å². The zero-order valence-electron chi connectivity index (χ0n) is 14.2. The summed E-state index contributed by atoms with van der Waals surface area (Å²) in [7, 11) is 0. The number of carboxylic acid groups (broad SMARTS) is 1. The number of nitrogens with one attached hydrogen (secondary N) is 2. The third kappa shape index (κ3) is 4.44. The Morgan fingerprint density at radius 2 is 2.12 bits per heavy atom. The molecule has 1 heterocycles. The van der Waals surface area contributed by atoms with E-state index in [9.17, 15) is 14.4 Å². The second-order valence-corrected chi connectivity index (χ2v) is 6.37. The first kappa shape index (κ1) is 17.6. The summed E-state index contributed by atoms with van der Waals surface area (Å²) in [5.74, 6) is -0.902. The van der Waals surface area contributed by atoms with Crippen LogP contribution in [0.15, 0.2) is 30.5 Å². The topological polar surface area (TPSA) is 126 Å². The quantitative estimate of drug-likeness (QED) is 0.675. The molecular weight excluding hydrogens is 338 g/mol. The van der Waals surface area contributed by atoms with Crippen LogP contribution in [-0.2, 0) is 22.7 Å². The standard InChI is InChI=1S/C17H19N5O4/c1-10-5-14(10)17(26)19-12-4-2-3-11(6-12)16(25)18-7-13-8-22(21-20-13)9-15(23)24/h2-4,6,8,10,14H,5,7,9H2,1H3,(H,18,25)(H,19,26)(H,23,24). The van der Waals surface area contributed by atoms with Gasteiger partial charge in [-0.2, -0.15) is 0 Å². The summed E-state index contributed by atoms with van der Waals surface area (Å²) in [5.41, 5.74) is 1.44. The minimum Gasteiger partial charge on any atom is -0.480 e. The van der Waals surface area contributed by atoms with E-state index in [2.05, 4.69) is 20.9 Å². The van der Waals surface area contributed by atoms with Gasteiger partial charge in [-0.3, -0.25) is 14.4 Å². The molecule has 136 valence electrons. The lowest BCUT2D eigenvalue weighted by molar-refractivity contribution is -0.137. The van der Waals surface area contributed by atoms with Crippen LogP contribution in [0.25, 0.3) is 0 Å². The van der Waals surface area contributed by atoms with E-state index in [4.69, 9.17) is 5.11 Å². The van der Waals surface area contributed by atoms with Crippen molar-refractivity contribution in [3.63, 3.8) is 0 Å². The van der Waals surface area contributed by atoms with Gasteiger partial charge in [-0.25, -0.2) is 4.68 Å². The van der Waals surface area contributed by atoms with Gasteiger partial charge in [-0.05, 0) is 30.5 Å². The maximum Gasteiger partial charge on any atom is 0.325 e. The van der Waals surface area contributed by atoms with Crippen molar-refractivity contribution < 1.29 is 19.5 Å². The Morgan fingerprint density at radius 1 is 1.35 bits per heavy atom. The fourth-order valence-corrected chi connectivity index (χ4v) is 2.57. The highest BCUT2D eigenvalue weighted by Gasteiger charge is 2.39. The van der Waals surface area contributed by atoms with Crippen molar-refractivity contribution in [3.05, 3.63) is 41.7 Å². The number of anilines is 1. The van der Waals surface area contributed by atoms with E-state index in [1.54, 1.807) is 24.3 Å². The van der Waals surface area contributed by atoms with Crippen molar-refractivity contribution in [1.82, 2.24) is 20.3 Å². The minimum atomic E-state index is -1.02. The Kier molecular flexibility index (Phi) is 4.97. The molecule has 0 spiro atoms. The maximum atomic E-state index is 12.3. The highest BCUT2D eigenvalue weighted by atomic mass is 16.4. The highest BCUT2D eigenvalue weighted by molar-refractivity contribution is 5.98. The molecule has 3 rings (SSSR count). The first-order valence-corrected chi connectivity index (χ1v) is 8.22. The summed E-state index contributed by atoms with van der Waals surface area (Å²) >= 11 is 0. The fraction of sp³-hybridized carbons (Fsp3) is 0.353. The summed E-state index contributed by atoms with van der Waals surface area (Å²) in [6.07, 6.45) is 2.36. The smallest absolute Gasteiger partial charge is 0.325 e. The third-order valence-corrected chi connectivity index (χ3v) is 4.15. The lowest BCUT2D eigenvalue weighted by Crippen LogP contribution is -2.23. The number of hydrogen-bond acceptors (Lipinski definition) is 5. The van der Waals surface area contributed by atoms with Crippen LogP contribution in [0.4, 0.5) is 5.69 Å². The summed E-state index contributed by atoms with van der Waals surface area (Å²) in [5, 5.41) is 21.7. The van der Waals surface area contributed by atoms with Gasteiger partial charge in [0.1, 0.15) is 12.2 Å². The van der Waals surface area contributed by atoms with Crippen molar-refractivity contribution in [2.45, 2.75) is 26.4 Å². The Hall–Kier alpha value is -3.23. The first-order chi connectivity index (χ1) is 12.4. The molecule has 1 saturated carbocycles. The number of carbonyl (C=O) groups excluding carboxylic acids is 2. The summed E-state index contributed by atoms with van der Waals surface area (Å²) in [6.45, 7) is 1.86. The maximum absolute atomic E-state index is 12.3. The molecule has 0 bridgehead atoms. The molecule has 0 aliphatic heterocycles. The van der Waals surface area contributed by atoms with Crippen LogP contribution in [0.3, 0.4) is 0 Å². The van der Waals surface area contributed by atoms with Crippen LogP contribution in [0, 0.1) is 11.8 Å². The van der Waals surface area contributed by atoms with Crippen LogP contribution >= 0.6 is 0 Å². The Morgan fingerprint density at radius 3 is 2.81 bits per heavy atom. The van der Waals surface area contributed by atoms with Gasteiger partial charge in [-0.1, -0.05) is 18.2 Å². The van der Waals surface area contributed by atoms with Gasteiger partial charge < -0.3 is 15.7 Å². The van der Waals surface area contributed by atoms with Crippen molar-refractivity contribution in [2.24, 2.45) is 11.8 Å². The average molecular weight is 357 g/mol. The zero-order chi connectivity index (χ0) is 18.7. The molecule has 0 saturated heterocycles. The number of amides is 2. The van der Waals surface area contributed by atoms with E-state index in [0.29, 0.717) is 22.9 Å².